The van der Waals surface area contributed by atoms with Crippen molar-refractivity contribution < 1.29 is 23.9 Å². The molecule has 0 aliphatic heterocycles. The molecule has 3 N–H and O–H groups in total. The Morgan fingerprint density at radius 3 is 1.88 bits per heavy atom. The number of nitrogens with one attached hydrogen (secondary N) is 2. The Kier molecular flexibility index (Phi) is 6.56. The van der Waals surface area contributed by atoms with Crippen LogP contribution in [-0.4, -0.2) is 28.3 Å². The van der Waals surface area contributed by atoms with E-state index in [0.29, 0.717) is 16.9 Å². The highest BCUT2D eigenvalue weighted by Gasteiger charge is 2.55. The highest BCUT2D eigenvalue weighted by atomic mass is 19.1. The molecular formula is C27H25FN2O4. The van der Waals surface area contributed by atoms with E-state index in [0.717, 1.165) is 0 Å². The van der Waals surface area contributed by atoms with E-state index in [1.54, 1.807) is 60.7 Å². The van der Waals surface area contributed by atoms with Gasteiger partial charge in [0.25, 0.3) is 0 Å². The third-order valence-corrected chi connectivity index (χ3v) is 6.17. The Balaban J connectivity index is 1.76. The average Bonchev–Trinajstić information content (AvgIpc) is 2.79. The van der Waals surface area contributed by atoms with Gasteiger partial charge in [-0.25, -0.2) is 4.39 Å². The minimum atomic E-state index is -1.72. The summed E-state index contributed by atoms with van der Waals surface area (Å²) >= 11 is 0. The van der Waals surface area contributed by atoms with Crippen LogP contribution in [0.3, 0.4) is 0 Å². The summed E-state index contributed by atoms with van der Waals surface area (Å²) in [5, 5.41) is 16.8. The van der Waals surface area contributed by atoms with Crippen molar-refractivity contribution in [3.05, 3.63) is 96.3 Å². The number of amides is 2. The second-order valence-electron chi connectivity index (χ2n) is 8.74. The molecule has 2 amide bonds. The van der Waals surface area contributed by atoms with E-state index < -0.39 is 46.8 Å². The van der Waals surface area contributed by atoms with Crippen molar-refractivity contribution in [2.24, 2.45) is 11.8 Å². The molecule has 1 aliphatic rings. The molecule has 34 heavy (non-hydrogen) atoms. The van der Waals surface area contributed by atoms with Crippen molar-refractivity contribution in [3.63, 3.8) is 0 Å². The lowest BCUT2D eigenvalue weighted by Gasteiger charge is -2.44. The molecule has 0 unspecified atom stereocenters. The highest BCUT2D eigenvalue weighted by Crippen LogP contribution is 2.46. The molecule has 3 aromatic rings. The van der Waals surface area contributed by atoms with Gasteiger partial charge in [0.05, 0.1) is 11.5 Å². The molecule has 3 aromatic carbocycles. The summed E-state index contributed by atoms with van der Waals surface area (Å²) in [6, 6.07) is 22.7. The van der Waals surface area contributed by atoms with Crippen LogP contribution in [0.4, 0.5) is 15.8 Å². The molecule has 6 nitrogen and oxygen atoms in total. The molecule has 0 saturated heterocycles. The number of benzene rings is 3. The van der Waals surface area contributed by atoms with Crippen LogP contribution in [-0.2, 0) is 14.4 Å². The first-order valence-corrected chi connectivity index (χ1v) is 11.0. The predicted octanol–water partition coefficient (Wildman–Crippen LogP) is 4.14. The number of hydrogen-bond acceptors (Lipinski definition) is 4. The molecule has 0 spiro atoms. The Labute approximate surface area is 196 Å². The monoisotopic (exact) mass is 460 g/mol. The molecule has 1 aliphatic carbocycles. The van der Waals surface area contributed by atoms with Crippen LogP contribution < -0.4 is 10.6 Å². The fourth-order valence-electron chi connectivity index (χ4n) is 4.66. The van der Waals surface area contributed by atoms with Crippen LogP contribution in [0.1, 0.15) is 24.8 Å². The fraction of sp³-hybridized carbons (Fsp3) is 0.222. The summed E-state index contributed by atoms with van der Waals surface area (Å²) in [5.41, 5.74) is -0.293. The van der Waals surface area contributed by atoms with Gasteiger partial charge in [-0.3, -0.25) is 14.4 Å². The third-order valence-electron chi connectivity index (χ3n) is 6.17. The van der Waals surface area contributed by atoms with Crippen LogP contribution in [0.25, 0.3) is 0 Å². The number of halogens is 1. The van der Waals surface area contributed by atoms with Crippen LogP contribution in [0, 0.1) is 17.7 Å². The summed E-state index contributed by atoms with van der Waals surface area (Å²) in [4.78, 5) is 40.0. The van der Waals surface area contributed by atoms with Gasteiger partial charge >= 0.3 is 0 Å². The normalized spacial score (nSPS) is 24.3. The summed E-state index contributed by atoms with van der Waals surface area (Å²) in [5.74, 6) is -5.51. The van der Waals surface area contributed by atoms with E-state index in [-0.39, 0.29) is 6.42 Å². The second kappa shape index (κ2) is 9.57. The molecule has 1 saturated carbocycles. The predicted molar refractivity (Wildman–Crippen MR) is 127 cm³/mol. The molecule has 0 heterocycles. The van der Waals surface area contributed by atoms with E-state index in [1.807, 2.05) is 0 Å². The number of aliphatic hydroxyl groups is 1. The standard InChI is InChI=1S/C27H25FN2O4/c1-27(34)16-21(31)23(25(32)29-19-8-4-2-5-9-19)22(17-12-14-18(28)15-13-17)24(27)26(33)30-20-10-6-3-7-11-20/h2-15,22-24,34H,16H2,1H3,(H,29,32)(H,30,33)/t22-,23+,24+,27-/m0/s1. The number of para-hydroxylation sites is 2. The molecule has 4 rings (SSSR count). The first-order chi connectivity index (χ1) is 16.3. The number of carbonyl (C=O) groups excluding carboxylic acids is 3. The van der Waals surface area contributed by atoms with E-state index in [4.69, 9.17) is 0 Å². The lowest BCUT2D eigenvalue weighted by Crippen LogP contribution is -2.56. The lowest BCUT2D eigenvalue weighted by atomic mass is 9.61. The number of Topliss-reactive ketones (excluding diaryl/α,β-unsaturated/α-hetero) is 1. The van der Waals surface area contributed by atoms with Gasteiger partial charge in [0, 0.05) is 23.7 Å². The van der Waals surface area contributed by atoms with Gasteiger partial charge in [0.1, 0.15) is 17.5 Å². The summed E-state index contributed by atoms with van der Waals surface area (Å²) in [6.45, 7) is 1.42. The first-order valence-electron chi connectivity index (χ1n) is 11.0. The molecule has 174 valence electrons. The van der Waals surface area contributed by atoms with Crippen LogP contribution in [0.15, 0.2) is 84.9 Å². The van der Waals surface area contributed by atoms with Gasteiger partial charge < -0.3 is 15.7 Å². The summed E-state index contributed by atoms with van der Waals surface area (Å²) in [7, 11) is 0. The summed E-state index contributed by atoms with van der Waals surface area (Å²) in [6.07, 6.45) is -0.371. The zero-order chi connectivity index (χ0) is 24.3. The number of rotatable bonds is 5. The zero-order valence-electron chi connectivity index (χ0n) is 18.6. The highest BCUT2D eigenvalue weighted by molar-refractivity contribution is 6.10. The minimum Gasteiger partial charge on any atom is -0.389 e. The SMILES string of the molecule is C[C@]1(O)CC(=O)[C@@H](C(=O)Nc2ccccc2)[C@H](c2ccc(F)cc2)[C@@H]1C(=O)Nc1ccccc1. The van der Waals surface area contributed by atoms with E-state index in [1.165, 1.54) is 31.2 Å². The van der Waals surface area contributed by atoms with Crippen LogP contribution in [0.2, 0.25) is 0 Å². The maximum Gasteiger partial charge on any atom is 0.235 e. The average molecular weight is 461 g/mol. The quantitative estimate of drug-likeness (QED) is 0.499. The van der Waals surface area contributed by atoms with Crippen molar-refractivity contribution in [2.45, 2.75) is 24.9 Å². The second-order valence-corrected chi connectivity index (χ2v) is 8.74. The number of anilines is 2. The maximum absolute atomic E-state index is 13.7. The fourth-order valence-corrected chi connectivity index (χ4v) is 4.66. The van der Waals surface area contributed by atoms with Gasteiger partial charge in [0.2, 0.25) is 11.8 Å². The Hall–Kier alpha value is -3.84. The molecule has 0 aromatic heterocycles. The Morgan fingerprint density at radius 2 is 1.35 bits per heavy atom. The minimum absolute atomic E-state index is 0.371. The first kappa shape index (κ1) is 23.3. The van der Waals surface area contributed by atoms with Crippen molar-refractivity contribution in [1.29, 1.82) is 0 Å². The maximum atomic E-state index is 13.7. The topological polar surface area (TPSA) is 95.5 Å². The van der Waals surface area contributed by atoms with E-state index >= 15 is 0 Å². The van der Waals surface area contributed by atoms with Crippen molar-refractivity contribution in [1.82, 2.24) is 0 Å². The summed E-state index contributed by atoms with van der Waals surface area (Å²) < 4.78 is 13.7. The van der Waals surface area contributed by atoms with Gasteiger partial charge in [0.15, 0.2) is 0 Å². The van der Waals surface area contributed by atoms with Gasteiger partial charge in [-0.1, -0.05) is 48.5 Å². The third kappa shape index (κ3) is 4.89. The Bertz CT molecular complexity index is 1180. The zero-order valence-corrected chi connectivity index (χ0v) is 18.6. The van der Waals surface area contributed by atoms with E-state index in [2.05, 4.69) is 10.6 Å². The smallest absolute Gasteiger partial charge is 0.235 e. The molecular weight excluding hydrogens is 435 g/mol. The Morgan fingerprint density at radius 1 is 0.853 bits per heavy atom. The van der Waals surface area contributed by atoms with Crippen LogP contribution >= 0.6 is 0 Å². The van der Waals surface area contributed by atoms with Gasteiger partial charge in [-0.05, 0) is 48.9 Å². The number of carbonyl (C=O) groups is 3. The largest absolute Gasteiger partial charge is 0.389 e. The number of hydrogen-bond donors (Lipinski definition) is 3. The lowest BCUT2D eigenvalue weighted by molar-refractivity contribution is -0.150. The number of ketones is 1. The van der Waals surface area contributed by atoms with Crippen molar-refractivity contribution in [3.8, 4) is 0 Å². The molecule has 1 fully saturated rings. The van der Waals surface area contributed by atoms with Gasteiger partial charge in [-0.15, -0.1) is 0 Å². The van der Waals surface area contributed by atoms with Gasteiger partial charge in [-0.2, -0.15) is 0 Å². The molecule has 0 radical (unpaired) electrons. The van der Waals surface area contributed by atoms with Crippen molar-refractivity contribution in [2.75, 3.05) is 10.6 Å². The van der Waals surface area contributed by atoms with E-state index in [9.17, 15) is 23.9 Å². The van der Waals surface area contributed by atoms with Crippen LogP contribution in [0.5, 0.6) is 0 Å². The molecule has 7 heteroatoms. The molecule has 0 bridgehead atoms. The molecule has 4 atom stereocenters. The van der Waals surface area contributed by atoms with Crippen molar-refractivity contribution >= 4 is 29.0 Å².